The van der Waals surface area contributed by atoms with Crippen molar-refractivity contribution in [2.75, 3.05) is 33.2 Å². The molecule has 0 heterocycles. The largest absolute Gasteiger partial charge is 0.493 e. The Labute approximate surface area is 108 Å². The number of aryl methyl sites for hydroxylation is 1. The number of nitrogens with one attached hydrogen (secondary N) is 1. The average Bonchev–Trinajstić information content (AvgIpc) is 2.38. The van der Waals surface area contributed by atoms with E-state index in [2.05, 4.69) is 11.4 Å². The van der Waals surface area contributed by atoms with Crippen molar-refractivity contribution < 1.29 is 9.47 Å². The molecule has 0 amide bonds. The summed E-state index contributed by atoms with van der Waals surface area (Å²) >= 11 is 5.58. The molecule has 0 aliphatic rings. The molecule has 17 heavy (non-hydrogen) atoms. The highest BCUT2D eigenvalue weighted by atomic mass is 35.5. The molecule has 0 fully saturated rings. The van der Waals surface area contributed by atoms with Gasteiger partial charge in [0.2, 0.25) is 0 Å². The Balaban J connectivity index is 2.43. The van der Waals surface area contributed by atoms with E-state index in [-0.39, 0.29) is 0 Å². The van der Waals surface area contributed by atoms with E-state index in [0.717, 1.165) is 37.4 Å². The van der Waals surface area contributed by atoms with E-state index in [0.29, 0.717) is 5.88 Å². The quantitative estimate of drug-likeness (QED) is 0.573. The summed E-state index contributed by atoms with van der Waals surface area (Å²) in [6.45, 7) is 1.86. The fraction of sp³-hybridized carbons (Fsp3) is 0.538. The van der Waals surface area contributed by atoms with Gasteiger partial charge in [-0.1, -0.05) is 6.07 Å². The third kappa shape index (κ3) is 4.84. The first-order valence-electron chi connectivity index (χ1n) is 5.79. The Kier molecular flexibility index (Phi) is 6.82. The van der Waals surface area contributed by atoms with Crippen LogP contribution >= 0.6 is 11.6 Å². The Bertz CT molecular complexity index is 331. The predicted octanol–water partition coefficient (Wildman–Crippen LogP) is 2.46. The highest BCUT2D eigenvalue weighted by molar-refractivity contribution is 6.18. The number of rotatable bonds is 8. The zero-order chi connectivity index (χ0) is 12.5. The molecule has 1 N–H and O–H groups in total. The zero-order valence-electron chi connectivity index (χ0n) is 10.5. The molecule has 3 nitrogen and oxygen atoms in total. The van der Waals surface area contributed by atoms with E-state index in [1.807, 2.05) is 12.1 Å². The van der Waals surface area contributed by atoms with Crippen molar-refractivity contribution >= 4 is 11.6 Å². The summed E-state index contributed by atoms with van der Waals surface area (Å²) in [5, 5.41) is 3.27. The standard InChI is InChI=1S/C13H20ClNO2/c1-16-12-6-5-11(10-13(12)17-2)4-3-8-15-9-7-14/h5-6,10,15H,3-4,7-9H2,1-2H3. The maximum Gasteiger partial charge on any atom is 0.160 e. The number of alkyl halides is 1. The summed E-state index contributed by atoms with van der Waals surface area (Å²) in [6, 6.07) is 6.05. The van der Waals surface area contributed by atoms with Crippen LogP contribution in [0.3, 0.4) is 0 Å². The lowest BCUT2D eigenvalue weighted by Gasteiger charge is -2.09. The molecule has 0 saturated carbocycles. The molecular formula is C13H20ClNO2. The van der Waals surface area contributed by atoms with Gasteiger partial charge in [0.25, 0.3) is 0 Å². The van der Waals surface area contributed by atoms with Crippen molar-refractivity contribution in [3.8, 4) is 11.5 Å². The number of ether oxygens (including phenoxy) is 2. The number of methoxy groups -OCH3 is 2. The lowest BCUT2D eigenvalue weighted by atomic mass is 10.1. The zero-order valence-corrected chi connectivity index (χ0v) is 11.2. The number of halogens is 1. The fourth-order valence-corrected chi connectivity index (χ4v) is 1.78. The molecule has 1 aromatic carbocycles. The SMILES string of the molecule is COc1ccc(CCCNCCCl)cc1OC. The van der Waals surface area contributed by atoms with Crippen molar-refractivity contribution in [1.82, 2.24) is 5.32 Å². The van der Waals surface area contributed by atoms with Crippen molar-refractivity contribution in [2.24, 2.45) is 0 Å². The molecule has 96 valence electrons. The van der Waals surface area contributed by atoms with Crippen LogP contribution in [0.1, 0.15) is 12.0 Å². The molecule has 1 aromatic rings. The molecule has 0 aliphatic carbocycles. The van der Waals surface area contributed by atoms with Gasteiger partial charge in [0, 0.05) is 12.4 Å². The number of benzene rings is 1. The molecular weight excluding hydrogens is 238 g/mol. The first-order valence-corrected chi connectivity index (χ1v) is 6.33. The first kappa shape index (κ1) is 14.1. The molecule has 4 heteroatoms. The van der Waals surface area contributed by atoms with Crippen LogP contribution in [0.5, 0.6) is 11.5 Å². The van der Waals surface area contributed by atoms with Gasteiger partial charge >= 0.3 is 0 Å². The molecule has 0 atom stereocenters. The lowest BCUT2D eigenvalue weighted by molar-refractivity contribution is 0.354. The monoisotopic (exact) mass is 257 g/mol. The second-order valence-electron chi connectivity index (χ2n) is 3.73. The van der Waals surface area contributed by atoms with Gasteiger partial charge in [-0.25, -0.2) is 0 Å². The summed E-state index contributed by atoms with van der Waals surface area (Å²) in [5.74, 6) is 2.23. The summed E-state index contributed by atoms with van der Waals surface area (Å²) in [7, 11) is 3.30. The molecule has 0 saturated heterocycles. The Hall–Kier alpha value is -0.930. The van der Waals surface area contributed by atoms with Crippen molar-refractivity contribution in [3.63, 3.8) is 0 Å². The van der Waals surface area contributed by atoms with E-state index in [4.69, 9.17) is 21.1 Å². The predicted molar refractivity (Wildman–Crippen MR) is 71.5 cm³/mol. The normalized spacial score (nSPS) is 10.3. The maximum absolute atomic E-state index is 5.58. The number of hydrogen-bond acceptors (Lipinski definition) is 3. The molecule has 0 unspecified atom stereocenters. The van der Waals surface area contributed by atoms with Crippen molar-refractivity contribution in [2.45, 2.75) is 12.8 Å². The van der Waals surface area contributed by atoms with Gasteiger partial charge in [-0.05, 0) is 37.1 Å². The van der Waals surface area contributed by atoms with Crippen LogP contribution in [0.25, 0.3) is 0 Å². The smallest absolute Gasteiger partial charge is 0.160 e. The van der Waals surface area contributed by atoms with E-state index in [1.165, 1.54) is 5.56 Å². The first-order chi connectivity index (χ1) is 8.31. The van der Waals surface area contributed by atoms with E-state index >= 15 is 0 Å². The third-order valence-electron chi connectivity index (χ3n) is 2.54. The molecule has 1 rings (SSSR count). The Morgan fingerprint density at radius 3 is 2.53 bits per heavy atom. The molecule has 0 radical (unpaired) electrons. The summed E-state index contributed by atoms with van der Waals surface area (Å²) < 4.78 is 10.5. The average molecular weight is 258 g/mol. The van der Waals surface area contributed by atoms with Gasteiger partial charge in [0.1, 0.15) is 0 Å². The van der Waals surface area contributed by atoms with Gasteiger partial charge in [-0.15, -0.1) is 11.6 Å². The molecule has 0 bridgehead atoms. The second-order valence-corrected chi connectivity index (χ2v) is 4.11. The highest BCUT2D eigenvalue weighted by Gasteiger charge is 2.03. The fourth-order valence-electron chi connectivity index (χ4n) is 1.65. The minimum absolute atomic E-state index is 0.663. The second kappa shape index (κ2) is 8.20. The van der Waals surface area contributed by atoms with Gasteiger partial charge in [0.05, 0.1) is 14.2 Å². The Morgan fingerprint density at radius 1 is 1.12 bits per heavy atom. The van der Waals surface area contributed by atoms with Crippen LogP contribution in [0.15, 0.2) is 18.2 Å². The lowest BCUT2D eigenvalue weighted by Crippen LogP contribution is -2.18. The van der Waals surface area contributed by atoms with Crippen molar-refractivity contribution in [1.29, 1.82) is 0 Å². The third-order valence-corrected chi connectivity index (χ3v) is 2.73. The van der Waals surface area contributed by atoms with Crippen molar-refractivity contribution in [3.05, 3.63) is 23.8 Å². The minimum atomic E-state index is 0.663. The summed E-state index contributed by atoms with van der Waals surface area (Å²) in [4.78, 5) is 0. The van der Waals surface area contributed by atoms with Gasteiger partial charge in [-0.3, -0.25) is 0 Å². The van der Waals surface area contributed by atoms with Gasteiger partial charge in [0.15, 0.2) is 11.5 Å². The minimum Gasteiger partial charge on any atom is -0.493 e. The number of hydrogen-bond donors (Lipinski definition) is 1. The van der Waals surface area contributed by atoms with E-state index in [9.17, 15) is 0 Å². The molecule has 0 aliphatic heterocycles. The summed E-state index contributed by atoms with van der Waals surface area (Å²) in [6.07, 6.45) is 2.11. The van der Waals surface area contributed by atoms with E-state index in [1.54, 1.807) is 14.2 Å². The van der Waals surface area contributed by atoms with Crippen LogP contribution in [0, 0.1) is 0 Å². The van der Waals surface area contributed by atoms with Crippen LogP contribution in [-0.4, -0.2) is 33.2 Å². The van der Waals surface area contributed by atoms with Gasteiger partial charge in [-0.2, -0.15) is 0 Å². The maximum atomic E-state index is 5.58. The molecule has 0 spiro atoms. The molecule has 0 aromatic heterocycles. The van der Waals surface area contributed by atoms with Gasteiger partial charge < -0.3 is 14.8 Å². The van der Waals surface area contributed by atoms with Crippen LogP contribution in [0.2, 0.25) is 0 Å². The topological polar surface area (TPSA) is 30.5 Å². The highest BCUT2D eigenvalue weighted by Crippen LogP contribution is 2.27. The Morgan fingerprint density at radius 2 is 1.88 bits per heavy atom. The van der Waals surface area contributed by atoms with E-state index < -0.39 is 0 Å². The van der Waals surface area contributed by atoms with Crippen LogP contribution < -0.4 is 14.8 Å². The summed E-state index contributed by atoms with van der Waals surface area (Å²) in [5.41, 5.74) is 1.26. The van der Waals surface area contributed by atoms with Crippen LogP contribution in [0.4, 0.5) is 0 Å². The van der Waals surface area contributed by atoms with Crippen LogP contribution in [-0.2, 0) is 6.42 Å².